The first-order valence-corrected chi connectivity index (χ1v) is 6.27. The van der Waals surface area contributed by atoms with E-state index >= 15 is 0 Å². The van der Waals surface area contributed by atoms with Gasteiger partial charge in [0.2, 0.25) is 0 Å². The topological polar surface area (TPSA) is 113 Å². The minimum atomic E-state index is -1.28. The van der Waals surface area contributed by atoms with Crippen LogP contribution in [0.15, 0.2) is 12.2 Å². The Morgan fingerprint density at radius 3 is 2.41 bits per heavy atom. The number of urea groups is 1. The molecule has 2 atom stereocenters. The lowest BCUT2D eigenvalue weighted by molar-refractivity contribution is -0.131. The maximum Gasteiger partial charge on any atom is 0.328 e. The molecule has 0 saturated carbocycles. The molecule has 0 aromatic carbocycles. The normalized spacial score (nSPS) is 14.0. The molecular weight excluding hydrogens is 248 g/mol. The zero-order chi connectivity index (χ0) is 13.4. The molecule has 0 saturated heterocycles. The number of amides is 3. The number of aliphatic carboxylic acids is 1. The number of hydrogen-bond donors (Lipinski definition) is 3. The predicted octanol–water partition coefficient (Wildman–Crippen LogP) is -0.780. The van der Waals surface area contributed by atoms with Crippen LogP contribution in [0.3, 0.4) is 0 Å². The number of carbonyl (C=O) groups excluding carboxylic acids is 2. The molecule has 0 aromatic rings. The zero-order valence-electron chi connectivity index (χ0n) is 9.43. The molecule has 17 heavy (non-hydrogen) atoms. The van der Waals surface area contributed by atoms with E-state index in [1.807, 2.05) is 5.32 Å². The summed E-state index contributed by atoms with van der Waals surface area (Å²) in [5.41, 5.74) is 0. The first-order valence-electron chi connectivity index (χ1n) is 4.65. The van der Waals surface area contributed by atoms with E-state index in [4.69, 9.17) is 5.11 Å². The Bertz CT molecular complexity index is 366. The van der Waals surface area contributed by atoms with Crippen LogP contribution in [-0.2, 0) is 20.4 Å². The van der Waals surface area contributed by atoms with Crippen molar-refractivity contribution >= 4 is 28.7 Å². The van der Waals surface area contributed by atoms with Gasteiger partial charge in [0.15, 0.2) is 0 Å². The highest BCUT2D eigenvalue weighted by Crippen LogP contribution is 1.89. The van der Waals surface area contributed by atoms with Gasteiger partial charge in [0.1, 0.15) is 0 Å². The molecule has 3 N–H and O–H groups in total. The van der Waals surface area contributed by atoms with Gasteiger partial charge < -0.3 is 10.4 Å². The van der Waals surface area contributed by atoms with E-state index < -0.39 is 28.7 Å². The second kappa shape index (κ2) is 7.55. The van der Waals surface area contributed by atoms with E-state index in [9.17, 15) is 18.6 Å². The Balaban J connectivity index is 3.98. The van der Waals surface area contributed by atoms with Gasteiger partial charge in [-0.1, -0.05) is 0 Å². The van der Waals surface area contributed by atoms with Gasteiger partial charge in [-0.25, -0.2) is 9.59 Å². The summed E-state index contributed by atoms with van der Waals surface area (Å²) in [4.78, 5) is 32.1. The molecule has 0 aromatic heterocycles. The zero-order valence-corrected chi connectivity index (χ0v) is 10.2. The Labute approximate surface area is 101 Å². The van der Waals surface area contributed by atoms with Crippen molar-refractivity contribution in [2.45, 2.75) is 12.2 Å². The van der Waals surface area contributed by atoms with E-state index in [2.05, 4.69) is 5.32 Å². The maximum absolute atomic E-state index is 11.1. The average molecular weight is 262 g/mol. The second-order valence-corrected chi connectivity index (χ2v) is 4.98. The van der Waals surface area contributed by atoms with Crippen molar-refractivity contribution in [3.05, 3.63) is 12.2 Å². The molecule has 2 unspecified atom stereocenters. The summed E-state index contributed by atoms with van der Waals surface area (Å²) in [5, 5.41) is 12.2. The average Bonchev–Trinajstić information content (AvgIpc) is 2.22. The molecule has 0 spiro atoms. The molecule has 3 amide bonds. The Morgan fingerprint density at radius 2 is 1.94 bits per heavy atom. The number of rotatable bonds is 5. The van der Waals surface area contributed by atoms with Crippen molar-refractivity contribution in [2.75, 3.05) is 12.8 Å². The fourth-order valence-electron chi connectivity index (χ4n) is 0.699. The van der Waals surface area contributed by atoms with Crippen molar-refractivity contribution in [2.24, 2.45) is 0 Å². The number of imide groups is 1. The fourth-order valence-corrected chi connectivity index (χ4v) is 1.02. The van der Waals surface area contributed by atoms with E-state index in [-0.39, 0.29) is 11.8 Å². The summed E-state index contributed by atoms with van der Waals surface area (Å²) in [5.74, 6) is -2.12. The molecule has 96 valence electrons. The van der Waals surface area contributed by atoms with Crippen LogP contribution in [0.25, 0.3) is 0 Å². The largest absolute Gasteiger partial charge is 0.478 e. The Morgan fingerprint density at radius 1 is 1.35 bits per heavy atom. The molecule has 7 nitrogen and oxygen atoms in total. The van der Waals surface area contributed by atoms with Crippen LogP contribution in [0.5, 0.6) is 0 Å². The Kier molecular flexibility index (Phi) is 6.80. The summed E-state index contributed by atoms with van der Waals surface area (Å²) >= 11 is 0. The fraction of sp³-hybridized carbons (Fsp3) is 0.444. The van der Waals surface area contributed by atoms with Gasteiger partial charge >= 0.3 is 12.0 Å². The molecule has 0 rings (SSSR count). The minimum Gasteiger partial charge on any atom is -0.478 e. The number of carboxylic acids is 1. The molecule has 0 bridgehead atoms. The number of carbonyl (C=O) groups is 3. The van der Waals surface area contributed by atoms with Gasteiger partial charge in [-0.15, -0.1) is 0 Å². The summed E-state index contributed by atoms with van der Waals surface area (Å²) in [7, 11) is -1.07. The summed E-state index contributed by atoms with van der Waals surface area (Å²) in [6.45, 7) is 1.84. The van der Waals surface area contributed by atoms with E-state index in [0.29, 0.717) is 6.08 Å². The van der Waals surface area contributed by atoms with Crippen molar-refractivity contribution in [1.82, 2.24) is 10.6 Å². The third-order valence-corrected chi connectivity index (χ3v) is 3.03. The Hall–Kier alpha value is -1.70. The van der Waals surface area contributed by atoms with Crippen LogP contribution in [0.2, 0.25) is 0 Å². The van der Waals surface area contributed by atoms with Crippen LogP contribution in [0.4, 0.5) is 4.79 Å². The predicted molar refractivity (Wildman–Crippen MR) is 61.8 cm³/mol. The monoisotopic (exact) mass is 262 g/mol. The molecule has 0 fully saturated rings. The molecule has 0 aliphatic heterocycles. The lowest BCUT2D eigenvalue weighted by atomic mass is 10.4. The van der Waals surface area contributed by atoms with Crippen LogP contribution in [0, 0.1) is 0 Å². The van der Waals surface area contributed by atoms with E-state index in [1.54, 1.807) is 6.92 Å². The summed E-state index contributed by atoms with van der Waals surface area (Å²) in [6.07, 6.45) is 2.85. The van der Waals surface area contributed by atoms with Crippen LogP contribution < -0.4 is 10.6 Å². The van der Waals surface area contributed by atoms with Crippen LogP contribution >= 0.6 is 0 Å². The standard InChI is InChI=1S/C9H14N2O5S/c1-6(17(2)16)5-10-9(15)11-7(12)3-4-8(13)14/h3-4,6H,5H2,1-2H3,(H,13,14)(H2,10,11,12,15)/b4-3+. The van der Waals surface area contributed by atoms with Gasteiger partial charge in [0, 0.05) is 41.0 Å². The smallest absolute Gasteiger partial charge is 0.328 e. The molecular formula is C9H14N2O5S. The highest BCUT2D eigenvalue weighted by Gasteiger charge is 2.09. The third kappa shape index (κ3) is 8.14. The van der Waals surface area contributed by atoms with E-state index in [1.165, 1.54) is 6.26 Å². The molecule has 0 heterocycles. The van der Waals surface area contributed by atoms with Gasteiger partial charge in [-0.3, -0.25) is 14.3 Å². The lowest BCUT2D eigenvalue weighted by Crippen LogP contribution is -2.42. The van der Waals surface area contributed by atoms with Gasteiger partial charge in [-0.05, 0) is 6.92 Å². The quantitative estimate of drug-likeness (QED) is 0.563. The highest BCUT2D eigenvalue weighted by molar-refractivity contribution is 7.84. The number of carboxylic acid groups (broad SMARTS) is 1. The highest BCUT2D eigenvalue weighted by atomic mass is 32.2. The van der Waals surface area contributed by atoms with Crippen molar-refractivity contribution < 1.29 is 23.7 Å². The molecule has 0 radical (unpaired) electrons. The SMILES string of the molecule is CC(CNC(=O)NC(=O)/C=C/C(=O)O)S(C)=O. The number of nitrogens with one attached hydrogen (secondary N) is 2. The molecule has 8 heteroatoms. The van der Waals surface area contributed by atoms with Crippen molar-refractivity contribution in [1.29, 1.82) is 0 Å². The van der Waals surface area contributed by atoms with Crippen molar-refractivity contribution in [3.8, 4) is 0 Å². The van der Waals surface area contributed by atoms with E-state index in [0.717, 1.165) is 6.08 Å². The third-order valence-electron chi connectivity index (χ3n) is 1.73. The summed E-state index contributed by atoms with van der Waals surface area (Å²) in [6, 6.07) is -0.762. The summed E-state index contributed by atoms with van der Waals surface area (Å²) < 4.78 is 11.0. The maximum atomic E-state index is 11.1. The molecule has 0 aliphatic rings. The first kappa shape index (κ1) is 15.3. The lowest BCUT2D eigenvalue weighted by Gasteiger charge is -2.09. The van der Waals surface area contributed by atoms with Crippen molar-refractivity contribution in [3.63, 3.8) is 0 Å². The van der Waals surface area contributed by atoms with Gasteiger partial charge in [-0.2, -0.15) is 0 Å². The van der Waals surface area contributed by atoms with Gasteiger partial charge in [0.05, 0.1) is 0 Å². The van der Waals surface area contributed by atoms with Crippen LogP contribution in [-0.4, -0.2) is 45.3 Å². The minimum absolute atomic E-state index is 0.158. The number of hydrogen-bond acceptors (Lipinski definition) is 4. The second-order valence-electron chi connectivity index (χ2n) is 3.18. The molecule has 0 aliphatic carbocycles. The van der Waals surface area contributed by atoms with Crippen LogP contribution in [0.1, 0.15) is 6.92 Å². The first-order chi connectivity index (χ1) is 7.82. The van der Waals surface area contributed by atoms with Gasteiger partial charge in [0.25, 0.3) is 5.91 Å².